The molecular formula is C21H22N2O3. The summed E-state index contributed by atoms with van der Waals surface area (Å²) in [4.78, 5) is 30.4. The quantitative estimate of drug-likeness (QED) is 0.559. The molecule has 1 heterocycles. The van der Waals surface area contributed by atoms with Gasteiger partial charge in [-0.1, -0.05) is 24.3 Å². The van der Waals surface area contributed by atoms with Gasteiger partial charge in [0.2, 0.25) is 5.78 Å². The number of hydrogen-bond acceptors (Lipinski definition) is 4. The molecule has 0 unspecified atom stereocenters. The van der Waals surface area contributed by atoms with E-state index in [1.165, 1.54) is 0 Å². The lowest BCUT2D eigenvalue weighted by Gasteiger charge is -2.15. The van der Waals surface area contributed by atoms with E-state index in [-0.39, 0.29) is 5.78 Å². The minimum absolute atomic E-state index is 0.211. The summed E-state index contributed by atoms with van der Waals surface area (Å²) in [6.45, 7) is 3.46. The highest BCUT2D eigenvalue weighted by Gasteiger charge is 2.25. The van der Waals surface area contributed by atoms with Crippen LogP contribution in [0.4, 0.5) is 5.69 Å². The molecular weight excluding hydrogens is 328 g/mol. The second-order valence-corrected chi connectivity index (χ2v) is 6.53. The summed E-state index contributed by atoms with van der Waals surface area (Å²) in [6.07, 6.45) is -0.872. The molecule has 1 aromatic heterocycles. The minimum Gasteiger partial charge on any atom is -0.451 e. The predicted octanol–water partition coefficient (Wildman–Crippen LogP) is 3.97. The maximum Gasteiger partial charge on any atom is 0.338 e. The lowest BCUT2D eigenvalue weighted by Crippen LogP contribution is -2.25. The Morgan fingerprint density at radius 2 is 1.81 bits per heavy atom. The minimum atomic E-state index is -0.872. The fourth-order valence-corrected chi connectivity index (χ4v) is 2.99. The monoisotopic (exact) mass is 350 g/mol. The van der Waals surface area contributed by atoms with E-state index in [1.807, 2.05) is 56.3 Å². The maximum absolute atomic E-state index is 12.9. The van der Waals surface area contributed by atoms with E-state index in [2.05, 4.69) is 4.98 Å². The maximum atomic E-state index is 12.9. The lowest BCUT2D eigenvalue weighted by molar-refractivity contribution is 0.0319. The van der Waals surface area contributed by atoms with Gasteiger partial charge in [-0.2, -0.15) is 0 Å². The second kappa shape index (κ2) is 7.04. The van der Waals surface area contributed by atoms with Gasteiger partial charge in [-0.25, -0.2) is 4.79 Å². The normalized spacial score (nSPS) is 12.0. The van der Waals surface area contributed by atoms with Crippen LogP contribution in [0.2, 0.25) is 0 Å². The zero-order chi connectivity index (χ0) is 18.8. The van der Waals surface area contributed by atoms with Crippen molar-refractivity contribution in [3.63, 3.8) is 0 Å². The third-order valence-electron chi connectivity index (χ3n) is 4.39. The first-order chi connectivity index (χ1) is 12.4. The Kier molecular flexibility index (Phi) is 4.80. The number of ketones is 1. The van der Waals surface area contributed by atoms with Gasteiger partial charge in [-0.15, -0.1) is 0 Å². The largest absolute Gasteiger partial charge is 0.451 e. The smallest absolute Gasteiger partial charge is 0.338 e. The van der Waals surface area contributed by atoms with E-state index in [1.54, 1.807) is 25.1 Å². The molecule has 0 saturated heterocycles. The molecule has 5 nitrogen and oxygen atoms in total. The number of Topliss-reactive ketones (excluding diaryl/α,β-unsaturated/α-hetero) is 1. The highest BCUT2D eigenvalue weighted by Crippen LogP contribution is 2.24. The highest BCUT2D eigenvalue weighted by atomic mass is 16.5. The number of fused-ring (bicyclic) bond motifs is 1. The van der Waals surface area contributed by atoms with E-state index in [0.717, 1.165) is 22.3 Å². The van der Waals surface area contributed by atoms with Crippen LogP contribution in [0.25, 0.3) is 10.9 Å². The van der Waals surface area contributed by atoms with Crippen molar-refractivity contribution < 1.29 is 14.3 Å². The van der Waals surface area contributed by atoms with Crippen molar-refractivity contribution in [1.82, 2.24) is 4.98 Å². The average molecular weight is 350 g/mol. The molecule has 0 fully saturated rings. The predicted molar refractivity (Wildman–Crippen MR) is 103 cm³/mol. The van der Waals surface area contributed by atoms with Crippen molar-refractivity contribution in [2.45, 2.75) is 20.0 Å². The van der Waals surface area contributed by atoms with Gasteiger partial charge >= 0.3 is 5.97 Å². The van der Waals surface area contributed by atoms with Crippen molar-refractivity contribution >= 4 is 28.3 Å². The molecule has 0 aliphatic heterocycles. The van der Waals surface area contributed by atoms with E-state index in [4.69, 9.17) is 4.74 Å². The van der Waals surface area contributed by atoms with Crippen LogP contribution in [0.15, 0.2) is 48.5 Å². The molecule has 0 radical (unpaired) electrons. The van der Waals surface area contributed by atoms with Gasteiger partial charge < -0.3 is 14.6 Å². The number of para-hydroxylation sites is 1. The van der Waals surface area contributed by atoms with Crippen molar-refractivity contribution in [3.8, 4) is 0 Å². The lowest BCUT2D eigenvalue weighted by atomic mass is 10.0. The Morgan fingerprint density at radius 3 is 2.54 bits per heavy atom. The Balaban J connectivity index is 1.82. The number of aromatic amines is 1. The molecule has 3 rings (SSSR count). The number of aryl methyl sites for hydroxylation is 1. The molecule has 2 aromatic carbocycles. The van der Waals surface area contributed by atoms with Gasteiger partial charge in [0.05, 0.1) is 5.56 Å². The van der Waals surface area contributed by atoms with Crippen LogP contribution in [0.3, 0.4) is 0 Å². The van der Waals surface area contributed by atoms with Gasteiger partial charge in [-0.05, 0) is 38.1 Å². The second-order valence-electron chi connectivity index (χ2n) is 6.53. The third-order valence-corrected chi connectivity index (χ3v) is 4.39. The third kappa shape index (κ3) is 3.33. The number of H-pyrrole nitrogens is 1. The van der Waals surface area contributed by atoms with Crippen LogP contribution >= 0.6 is 0 Å². The molecule has 134 valence electrons. The van der Waals surface area contributed by atoms with Gasteiger partial charge in [0.25, 0.3) is 0 Å². The zero-order valence-corrected chi connectivity index (χ0v) is 15.4. The molecule has 1 N–H and O–H groups in total. The summed E-state index contributed by atoms with van der Waals surface area (Å²) < 4.78 is 5.44. The number of anilines is 1. The first-order valence-electron chi connectivity index (χ1n) is 8.48. The SMILES string of the molecule is Cc1[nH]c2ccccc2c1C(=O)[C@H](C)OC(=O)c1cccc(N(C)C)c1. The van der Waals surface area contributed by atoms with Crippen molar-refractivity contribution in [1.29, 1.82) is 0 Å². The summed E-state index contributed by atoms with van der Waals surface area (Å²) >= 11 is 0. The fourth-order valence-electron chi connectivity index (χ4n) is 2.99. The van der Waals surface area contributed by atoms with E-state index in [9.17, 15) is 9.59 Å². The standard InChI is InChI=1S/C21H22N2O3/c1-13-19(17-10-5-6-11-18(17)22-13)20(24)14(2)26-21(25)15-8-7-9-16(12-15)23(3)4/h5-12,14,22H,1-4H3/t14-/m0/s1. The van der Waals surface area contributed by atoms with Gasteiger partial charge in [0.1, 0.15) is 0 Å². The summed E-state index contributed by atoms with van der Waals surface area (Å²) in [5, 5.41) is 0.840. The van der Waals surface area contributed by atoms with Crippen LogP contribution in [0.5, 0.6) is 0 Å². The summed E-state index contributed by atoms with van der Waals surface area (Å²) in [5.41, 5.74) is 3.56. The number of ether oxygens (including phenoxy) is 1. The summed E-state index contributed by atoms with van der Waals surface area (Å²) in [5.74, 6) is -0.718. The number of aromatic nitrogens is 1. The summed E-state index contributed by atoms with van der Waals surface area (Å²) in [6, 6.07) is 14.7. The highest BCUT2D eigenvalue weighted by molar-refractivity contribution is 6.11. The molecule has 0 bridgehead atoms. The molecule has 0 aliphatic rings. The summed E-state index contributed by atoms with van der Waals surface area (Å²) in [7, 11) is 3.80. The number of rotatable bonds is 5. The molecule has 0 amide bonds. The number of carbonyl (C=O) groups is 2. The van der Waals surface area contributed by atoms with Crippen LogP contribution in [0, 0.1) is 6.92 Å². The number of esters is 1. The molecule has 1 atom stereocenters. The molecule has 26 heavy (non-hydrogen) atoms. The van der Waals surface area contributed by atoms with Crippen LogP contribution in [-0.2, 0) is 4.74 Å². The number of nitrogens with zero attached hydrogens (tertiary/aromatic N) is 1. The topological polar surface area (TPSA) is 62.4 Å². The Hall–Kier alpha value is -3.08. The van der Waals surface area contributed by atoms with Gasteiger partial charge in [0, 0.05) is 41.9 Å². The van der Waals surface area contributed by atoms with Crippen LogP contribution < -0.4 is 4.90 Å². The molecule has 0 aliphatic carbocycles. The molecule has 5 heteroatoms. The Labute approximate surface area is 152 Å². The molecule has 3 aromatic rings. The molecule has 0 saturated carbocycles. The van der Waals surface area contributed by atoms with E-state index in [0.29, 0.717) is 11.1 Å². The Bertz CT molecular complexity index is 972. The number of benzene rings is 2. The first kappa shape index (κ1) is 17.7. The van der Waals surface area contributed by atoms with Crippen molar-refractivity contribution in [2.24, 2.45) is 0 Å². The van der Waals surface area contributed by atoms with Gasteiger partial charge in [-0.3, -0.25) is 4.79 Å². The van der Waals surface area contributed by atoms with Crippen LogP contribution in [-0.4, -0.2) is 36.9 Å². The van der Waals surface area contributed by atoms with Crippen molar-refractivity contribution in [3.05, 3.63) is 65.4 Å². The average Bonchev–Trinajstić information content (AvgIpc) is 2.96. The first-order valence-corrected chi connectivity index (χ1v) is 8.48. The Morgan fingerprint density at radius 1 is 1.08 bits per heavy atom. The van der Waals surface area contributed by atoms with E-state index >= 15 is 0 Å². The number of hydrogen-bond donors (Lipinski definition) is 1. The van der Waals surface area contributed by atoms with E-state index < -0.39 is 12.1 Å². The van der Waals surface area contributed by atoms with Gasteiger partial charge in [0.15, 0.2) is 6.10 Å². The molecule has 0 spiro atoms. The fraction of sp³-hybridized carbons (Fsp3) is 0.238. The zero-order valence-electron chi connectivity index (χ0n) is 15.4. The number of carbonyl (C=O) groups excluding carboxylic acids is 2. The van der Waals surface area contributed by atoms with Crippen LogP contribution in [0.1, 0.15) is 33.3 Å². The van der Waals surface area contributed by atoms with Crippen molar-refractivity contribution in [2.75, 3.05) is 19.0 Å². The number of nitrogens with one attached hydrogen (secondary N) is 1.